The molecule has 0 saturated heterocycles. The van der Waals surface area contributed by atoms with Crippen molar-refractivity contribution in [1.29, 1.82) is 0 Å². The summed E-state index contributed by atoms with van der Waals surface area (Å²) in [6, 6.07) is 91.3. The van der Waals surface area contributed by atoms with E-state index in [9.17, 15) is 0 Å². The minimum atomic E-state index is 1.14. The number of fused-ring (bicyclic) bond motifs is 10. The fourth-order valence-corrected chi connectivity index (χ4v) is 10.9. The van der Waals surface area contributed by atoms with Gasteiger partial charge in [0.25, 0.3) is 0 Å². The van der Waals surface area contributed by atoms with Crippen LogP contribution in [-0.2, 0) is 0 Å². The first-order valence-electron chi connectivity index (χ1n) is 23.1. The molecule has 11 aromatic carbocycles. The Labute approximate surface area is 387 Å². The maximum absolute atomic E-state index is 2.45. The number of benzene rings is 11. The van der Waals surface area contributed by atoms with Gasteiger partial charge in [-0.25, -0.2) is 0 Å². The summed E-state index contributed by atoms with van der Waals surface area (Å²) in [5, 5.41) is 9.89. The van der Waals surface area contributed by atoms with Crippen LogP contribution in [0.15, 0.2) is 249 Å². The Morgan fingerprint density at radius 1 is 0.179 bits per heavy atom. The average Bonchev–Trinajstić information content (AvgIpc) is 4.04. The van der Waals surface area contributed by atoms with E-state index in [2.05, 4.69) is 262 Å². The molecule has 0 spiro atoms. The van der Waals surface area contributed by atoms with Crippen molar-refractivity contribution in [1.82, 2.24) is 13.7 Å². The smallest absolute Gasteiger partial charge is 0.0541 e. The number of rotatable bonds is 6. The highest BCUT2D eigenvalue weighted by Crippen LogP contribution is 2.41. The van der Waals surface area contributed by atoms with Crippen LogP contribution in [0.3, 0.4) is 0 Å². The van der Waals surface area contributed by atoms with Crippen molar-refractivity contribution < 1.29 is 0 Å². The van der Waals surface area contributed by atoms with Gasteiger partial charge in [0.05, 0.1) is 33.1 Å². The quantitative estimate of drug-likeness (QED) is 0.158. The molecule has 0 fully saturated rings. The number of hydrogen-bond donors (Lipinski definition) is 0. The molecule has 3 heterocycles. The summed E-state index contributed by atoms with van der Waals surface area (Å²) in [5.41, 5.74) is 17.9. The summed E-state index contributed by atoms with van der Waals surface area (Å²) >= 11 is 0. The third kappa shape index (κ3) is 5.92. The number of nitrogens with zero attached hydrogens (tertiary/aromatic N) is 3. The zero-order valence-corrected chi connectivity index (χ0v) is 36.5. The van der Waals surface area contributed by atoms with E-state index in [0.29, 0.717) is 0 Å². The molecular formula is C64H41N3. The Hall–Kier alpha value is -8.92. The molecule has 0 aliphatic rings. The lowest BCUT2D eigenvalue weighted by atomic mass is 9.98. The molecule has 3 aromatic heterocycles. The van der Waals surface area contributed by atoms with Gasteiger partial charge in [-0.3, -0.25) is 0 Å². The monoisotopic (exact) mass is 851 g/mol. The fourth-order valence-electron chi connectivity index (χ4n) is 10.9. The Bertz CT molecular complexity index is 4030. The predicted octanol–water partition coefficient (Wildman–Crippen LogP) is 17.1. The first-order chi connectivity index (χ1) is 33.2. The minimum Gasteiger partial charge on any atom is -0.309 e. The maximum Gasteiger partial charge on any atom is 0.0541 e. The standard InChI is InChI=1S/C64H41N3/c1-4-14-42(15-5-1)43-24-25-45-37-52(31-26-44(45)36-43)67-63-34-29-48(46-27-32-61-55(38-46)53-20-10-12-22-59(53)65(61)50-16-6-2-7-17-50)40-57(63)58-41-49(30-35-64(58)67)47-28-33-62-56(39-47)54-21-11-13-23-60(54)66(62)51-18-8-3-9-19-51/h1-41H. The predicted molar refractivity (Wildman–Crippen MR) is 283 cm³/mol. The van der Waals surface area contributed by atoms with Gasteiger partial charge in [0, 0.05) is 49.4 Å². The highest BCUT2D eigenvalue weighted by atomic mass is 15.0. The zero-order chi connectivity index (χ0) is 44.0. The molecule has 0 saturated carbocycles. The van der Waals surface area contributed by atoms with Gasteiger partial charge < -0.3 is 13.7 Å². The number of para-hydroxylation sites is 4. The van der Waals surface area contributed by atoms with Crippen LogP contribution in [0.25, 0.3) is 127 Å². The van der Waals surface area contributed by atoms with E-state index in [-0.39, 0.29) is 0 Å². The van der Waals surface area contributed by atoms with Gasteiger partial charge in [0.15, 0.2) is 0 Å². The second-order valence-electron chi connectivity index (χ2n) is 17.8. The van der Waals surface area contributed by atoms with Crippen LogP contribution < -0.4 is 0 Å². The highest BCUT2D eigenvalue weighted by molar-refractivity contribution is 6.15. The van der Waals surface area contributed by atoms with Crippen LogP contribution >= 0.6 is 0 Å². The Morgan fingerprint density at radius 2 is 0.507 bits per heavy atom. The van der Waals surface area contributed by atoms with Crippen molar-refractivity contribution in [3.8, 4) is 50.4 Å². The third-order valence-electron chi connectivity index (χ3n) is 14.0. The van der Waals surface area contributed by atoms with Crippen molar-refractivity contribution in [2.24, 2.45) is 0 Å². The first-order valence-corrected chi connectivity index (χ1v) is 23.1. The van der Waals surface area contributed by atoms with Crippen molar-refractivity contribution in [3.05, 3.63) is 249 Å². The van der Waals surface area contributed by atoms with E-state index in [1.54, 1.807) is 0 Å². The molecule has 0 radical (unpaired) electrons. The van der Waals surface area contributed by atoms with Gasteiger partial charge in [-0.15, -0.1) is 0 Å². The van der Waals surface area contributed by atoms with Gasteiger partial charge in [-0.05, 0) is 147 Å². The third-order valence-corrected chi connectivity index (χ3v) is 14.0. The van der Waals surface area contributed by atoms with E-state index >= 15 is 0 Å². The summed E-state index contributed by atoms with van der Waals surface area (Å²) < 4.78 is 7.22. The summed E-state index contributed by atoms with van der Waals surface area (Å²) in [4.78, 5) is 0. The molecule has 312 valence electrons. The van der Waals surface area contributed by atoms with Gasteiger partial charge in [0.1, 0.15) is 0 Å². The molecule has 0 amide bonds. The highest BCUT2D eigenvalue weighted by Gasteiger charge is 2.19. The topological polar surface area (TPSA) is 14.8 Å². The first kappa shape index (κ1) is 37.5. The summed E-state index contributed by atoms with van der Waals surface area (Å²) in [6.45, 7) is 0. The molecule has 67 heavy (non-hydrogen) atoms. The average molecular weight is 852 g/mol. The molecule has 3 heteroatoms. The minimum absolute atomic E-state index is 1.14. The summed E-state index contributed by atoms with van der Waals surface area (Å²) in [5.74, 6) is 0. The van der Waals surface area contributed by atoms with Crippen molar-refractivity contribution in [2.75, 3.05) is 0 Å². The SMILES string of the molecule is c1ccc(-c2ccc3cc(-n4c5ccc(-c6ccc7c(c6)c6ccccc6n7-c6ccccc6)cc5c5cc(-c6ccc7c(c6)c6ccccc6n7-c6ccccc6)ccc54)ccc3c2)cc1. The van der Waals surface area contributed by atoms with E-state index in [4.69, 9.17) is 0 Å². The lowest BCUT2D eigenvalue weighted by molar-refractivity contribution is 1.18. The van der Waals surface area contributed by atoms with Gasteiger partial charge in [0.2, 0.25) is 0 Å². The van der Waals surface area contributed by atoms with E-state index in [0.717, 1.165) is 17.1 Å². The van der Waals surface area contributed by atoms with Crippen molar-refractivity contribution >= 4 is 76.2 Å². The normalized spacial score (nSPS) is 11.9. The molecule has 0 aliphatic carbocycles. The van der Waals surface area contributed by atoms with Gasteiger partial charge in [-0.1, -0.05) is 146 Å². The zero-order valence-electron chi connectivity index (χ0n) is 36.5. The lowest BCUT2D eigenvalue weighted by Gasteiger charge is -2.11. The molecule has 0 aliphatic heterocycles. The van der Waals surface area contributed by atoms with E-state index in [1.165, 1.54) is 110 Å². The Kier molecular flexibility index (Phi) is 8.28. The van der Waals surface area contributed by atoms with Gasteiger partial charge >= 0.3 is 0 Å². The van der Waals surface area contributed by atoms with Crippen molar-refractivity contribution in [3.63, 3.8) is 0 Å². The second kappa shape index (κ2) is 14.8. The van der Waals surface area contributed by atoms with Crippen LogP contribution in [0.4, 0.5) is 0 Å². The lowest BCUT2D eigenvalue weighted by Crippen LogP contribution is -1.94. The van der Waals surface area contributed by atoms with Crippen LogP contribution in [0, 0.1) is 0 Å². The van der Waals surface area contributed by atoms with Crippen molar-refractivity contribution in [2.45, 2.75) is 0 Å². The molecule has 14 rings (SSSR count). The van der Waals surface area contributed by atoms with Crippen LogP contribution in [0.5, 0.6) is 0 Å². The molecular weight excluding hydrogens is 811 g/mol. The Morgan fingerprint density at radius 3 is 0.985 bits per heavy atom. The second-order valence-corrected chi connectivity index (χ2v) is 17.8. The van der Waals surface area contributed by atoms with E-state index < -0.39 is 0 Å². The number of aromatic nitrogens is 3. The van der Waals surface area contributed by atoms with E-state index in [1.807, 2.05) is 0 Å². The fraction of sp³-hybridized carbons (Fsp3) is 0. The van der Waals surface area contributed by atoms with Gasteiger partial charge in [-0.2, -0.15) is 0 Å². The van der Waals surface area contributed by atoms with Crippen LogP contribution in [0.2, 0.25) is 0 Å². The molecule has 3 nitrogen and oxygen atoms in total. The summed E-state index contributed by atoms with van der Waals surface area (Å²) in [7, 11) is 0. The Balaban J connectivity index is 0.960. The van der Waals surface area contributed by atoms with Crippen LogP contribution in [0.1, 0.15) is 0 Å². The molecule has 0 bridgehead atoms. The van der Waals surface area contributed by atoms with Crippen LogP contribution in [-0.4, -0.2) is 13.7 Å². The number of hydrogen-bond acceptors (Lipinski definition) is 0. The molecule has 14 aromatic rings. The molecule has 0 atom stereocenters. The molecule has 0 N–H and O–H groups in total. The maximum atomic E-state index is 2.45. The molecule has 0 unspecified atom stereocenters. The summed E-state index contributed by atoms with van der Waals surface area (Å²) in [6.07, 6.45) is 0. The largest absolute Gasteiger partial charge is 0.309 e.